The Kier molecular flexibility index (Phi) is 7.85. The number of hydrogen-bond acceptors (Lipinski definition) is 5. The van der Waals surface area contributed by atoms with Crippen LogP contribution in [0.15, 0.2) is 91.1 Å². The van der Waals surface area contributed by atoms with Gasteiger partial charge in [-0.2, -0.15) is 5.10 Å². The van der Waals surface area contributed by atoms with E-state index < -0.39 is 6.09 Å². The number of carbonyl (C=O) groups excluding carboxylic acids is 1. The van der Waals surface area contributed by atoms with Crippen molar-refractivity contribution in [3.8, 4) is 16.9 Å². The minimum atomic E-state index is -0.503. The van der Waals surface area contributed by atoms with E-state index in [0.717, 1.165) is 38.9 Å². The first-order valence-corrected chi connectivity index (χ1v) is 12.7. The van der Waals surface area contributed by atoms with Gasteiger partial charge in [-0.05, 0) is 48.2 Å². The lowest BCUT2D eigenvalue weighted by molar-refractivity contribution is 0.130. The van der Waals surface area contributed by atoms with Gasteiger partial charge in [0.05, 0.1) is 23.4 Å². The molecule has 5 aromatic rings. The summed E-state index contributed by atoms with van der Waals surface area (Å²) >= 11 is 6.46. The number of nitrogens with zero attached hydrogens (tertiary/aromatic N) is 2. The summed E-state index contributed by atoms with van der Waals surface area (Å²) in [4.78, 5) is 16.9. The smallest absolute Gasteiger partial charge is 0.407 e. The van der Waals surface area contributed by atoms with Gasteiger partial charge in [-0.3, -0.25) is 5.10 Å². The predicted molar refractivity (Wildman–Crippen MR) is 148 cm³/mol. The molecule has 0 spiro atoms. The third-order valence-electron chi connectivity index (χ3n) is 6.19. The molecule has 38 heavy (non-hydrogen) atoms. The fourth-order valence-corrected chi connectivity index (χ4v) is 4.41. The van der Waals surface area contributed by atoms with Gasteiger partial charge in [0.2, 0.25) is 0 Å². The summed E-state index contributed by atoms with van der Waals surface area (Å²) in [6.45, 7) is 2.36. The Bertz CT molecular complexity index is 1520. The molecule has 2 heterocycles. The highest BCUT2D eigenvalue weighted by atomic mass is 35.5. The molecule has 192 valence electrons. The maximum Gasteiger partial charge on any atom is 0.407 e. The van der Waals surface area contributed by atoms with E-state index in [-0.39, 0.29) is 19.3 Å². The van der Waals surface area contributed by atoms with E-state index in [1.807, 2.05) is 91.9 Å². The maximum absolute atomic E-state index is 12.6. The molecule has 0 bridgehead atoms. The van der Waals surface area contributed by atoms with E-state index in [1.165, 1.54) is 0 Å². The summed E-state index contributed by atoms with van der Waals surface area (Å²) in [6.07, 6.45) is 1.66. The number of fused-ring (bicyclic) bond motifs is 1. The first kappa shape index (κ1) is 25.3. The quantitative estimate of drug-likeness (QED) is 0.214. The predicted octanol–water partition coefficient (Wildman–Crippen LogP) is 6.50. The van der Waals surface area contributed by atoms with Crippen molar-refractivity contribution in [2.75, 3.05) is 6.61 Å². The highest BCUT2D eigenvalue weighted by molar-refractivity contribution is 6.32. The van der Waals surface area contributed by atoms with Gasteiger partial charge >= 0.3 is 6.09 Å². The zero-order valence-electron chi connectivity index (χ0n) is 20.9. The lowest BCUT2D eigenvalue weighted by Crippen LogP contribution is -2.41. The van der Waals surface area contributed by atoms with Crippen molar-refractivity contribution in [3.63, 3.8) is 0 Å². The summed E-state index contributed by atoms with van der Waals surface area (Å²) < 4.78 is 11.5. The van der Waals surface area contributed by atoms with Gasteiger partial charge < -0.3 is 14.8 Å². The van der Waals surface area contributed by atoms with Crippen LogP contribution in [0.2, 0.25) is 5.15 Å². The molecule has 8 heteroatoms. The number of pyridine rings is 1. The summed E-state index contributed by atoms with van der Waals surface area (Å²) in [5.74, 6) is 0.547. The molecule has 2 N–H and O–H groups in total. The summed E-state index contributed by atoms with van der Waals surface area (Å²) in [6, 6.07) is 27.0. The van der Waals surface area contributed by atoms with Crippen LogP contribution in [-0.2, 0) is 17.8 Å². The van der Waals surface area contributed by atoms with Gasteiger partial charge in [0.15, 0.2) is 0 Å². The molecule has 3 aromatic carbocycles. The Labute approximate surface area is 225 Å². The van der Waals surface area contributed by atoms with Crippen LogP contribution in [0.25, 0.3) is 22.0 Å². The molecule has 7 nitrogen and oxygen atoms in total. The second-order valence-electron chi connectivity index (χ2n) is 8.98. The van der Waals surface area contributed by atoms with Crippen LogP contribution < -0.4 is 10.1 Å². The topological polar surface area (TPSA) is 89.1 Å². The van der Waals surface area contributed by atoms with Crippen LogP contribution in [0, 0.1) is 6.92 Å². The largest absolute Gasteiger partial charge is 0.490 e. The molecule has 0 fully saturated rings. The van der Waals surface area contributed by atoms with Crippen LogP contribution in [-0.4, -0.2) is 33.9 Å². The van der Waals surface area contributed by atoms with Gasteiger partial charge in [0.1, 0.15) is 24.1 Å². The number of benzene rings is 3. The number of carbonyl (C=O) groups is 1. The maximum atomic E-state index is 12.6. The van der Waals surface area contributed by atoms with Gasteiger partial charge in [-0.15, -0.1) is 0 Å². The first-order chi connectivity index (χ1) is 18.5. The van der Waals surface area contributed by atoms with E-state index in [1.54, 1.807) is 6.20 Å². The number of aromatic nitrogens is 3. The summed E-state index contributed by atoms with van der Waals surface area (Å²) in [5, 5.41) is 11.6. The third kappa shape index (κ3) is 6.30. The van der Waals surface area contributed by atoms with E-state index >= 15 is 0 Å². The number of aryl methyl sites for hydroxylation is 1. The number of hydrogen-bond donors (Lipinski definition) is 2. The minimum Gasteiger partial charge on any atom is -0.490 e. The van der Waals surface area contributed by atoms with Crippen LogP contribution in [0.1, 0.15) is 16.8 Å². The monoisotopic (exact) mass is 526 g/mol. The molecular formula is C30H27ClN4O3. The Morgan fingerprint density at radius 3 is 2.50 bits per heavy atom. The number of alkyl carbamates (subject to hydrolysis) is 1. The van der Waals surface area contributed by atoms with Crippen molar-refractivity contribution in [1.29, 1.82) is 0 Å². The lowest BCUT2D eigenvalue weighted by Gasteiger charge is -2.20. The number of nitrogens with one attached hydrogen (secondary N) is 2. The summed E-state index contributed by atoms with van der Waals surface area (Å²) in [7, 11) is 0. The van der Waals surface area contributed by atoms with Gasteiger partial charge in [0, 0.05) is 10.9 Å². The summed E-state index contributed by atoms with van der Waals surface area (Å²) in [5.41, 5.74) is 5.52. The number of ether oxygens (including phenoxy) is 2. The van der Waals surface area contributed by atoms with Crippen LogP contribution in [0.5, 0.6) is 5.75 Å². The minimum absolute atomic E-state index is 0.191. The van der Waals surface area contributed by atoms with Crippen LogP contribution in [0.4, 0.5) is 4.79 Å². The number of aromatic amines is 1. The average molecular weight is 527 g/mol. The number of rotatable bonds is 9. The van der Waals surface area contributed by atoms with Gasteiger partial charge in [-0.25, -0.2) is 9.78 Å². The molecule has 0 saturated heterocycles. The molecular weight excluding hydrogens is 500 g/mol. The van der Waals surface area contributed by atoms with Crippen LogP contribution >= 0.6 is 11.6 Å². The van der Waals surface area contributed by atoms with E-state index in [0.29, 0.717) is 17.3 Å². The molecule has 2 aromatic heterocycles. The highest BCUT2D eigenvalue weighted by Gasteiger charge is 2.17. The molecule has 0 aliphatic carbocycles. The second-order valence-corrected chi connectivity index (χ2v) is 9.34. The lowest BCUT2D eigenvalue weighted by atomic mass is 10.0. The molecule has 1 atom stereocenters. The van der Waals surface area contributed by atoms with Crippen molar-refractivity contribution >= 4 is 28.6 Å². The van der Waals surface area contributed by atoms with Crippen LogP contribution in [0.3, 0.4) is 0 Å². The standard InChI is InChI=1S/C30H27ClN4O3/c1-20-26-15-23(12-13-28(26)35-34-20)27-16-25(17-32-29(27)31)37-19-24(14-21-8-4-2-5-9-21)33-30(36)38-18-22-10-6-3-7-11-22/h2-13,15-17,24H,14,18-19H2,1H3,(H,33,36)(H,34,35)/t24-/m0/s1. The Morgan fingerprint density at radius 1 is 1.00 bits per heavy atom. The molecule has 0 unspecified atom stereocenters. The number of halogens is 1. The average Bonchev–Trinajstić information content (AvgIpc) is 3.32. The van der Waals surface area contributed by atoms with Crippen molar-refractivity contribution in [2.45, 2.75) is 26.0 Å². The van der Waals surface area contributed by atoms with Crippen molar-refractivity contribution in [1.82, 2.24) is 20.5 Å². The fourth-order valence-electron chi connectivity index (χ4n) is 4.20. The van der Waals surface area contributed by atoms with E-state index in [2.05, 4.69) is 20.5 Å². The Hall–Kier alpha value is -4.36. The third-order valence-corrected chi connectivity index (χ3v) is 6.49. The van der Waals surface area contributed by atoms with Crippen molar-refractivity contribution in [2.24, 2.45) is 0 Å². The molecule has 1 amide bonds. The molecule has 0 radical (unpaired) electrons. The highest BCUT2D eigenvalue weighted by Crippen LogP contribution is 2.32. The normalized spacial score (nSPS) is 11.7. The first-order valence-electron chi connectivity index (χ1n) is 12.3. The van der Waals surface area contributed by atoms with Gasteiger partial charge in [0.25, 0.3) is 0 Å². The zero-order valence-corrected chi connectivity index (χ0v) is 21.6. The van der Waals surface area contributed by atoms with E-state index in [4.69, 9.17) is 21.1 Å². The molecule has 0 saturated carbocycles. The second kappa shape index (κ2) is 11.8. The Balaban J connectivity index is 1.29. The SMILES string of the molecule is Cc1n[nH]c2ccc(-c3cc(OC[C@H](Cc4ccccc4)NC(=O)OCc4ccccc4)cnc3Cl)cc12. The fraction of sp³-hybridized carbons (Fsp3) is 0.167. The zero-order chi connectivity index (χ0) is 26.3. The van der Waals surface area contributed by atoms with Crippen molar-refractivity contribution in [3.05, 3.63) is 113 Å². The number of amides is 1. The molecule has 5 rings (SSSR count). The number of H-pyrrole nitrogens is 1. The Morgan fingerprint density at radius 2 is 1.74 bits per heavy atom. The molecule has 0 aliphatic heterocycles. The molecule has 0 aliphatic rings. The van der Waals surface area contributed by atoms with E-state index in [9.17, 15) is 4.79 Å². The van der Waals surface area contributed by atoms with Crippen molar-refractivity contribution < 1.29 is 14.3 Å². The van der Waals surface area contributed by atoms with Gasteiger partial charge in [-0.1, -0.05) is 78.3 Å².